The standard InChI is InChI=1S/C14H29N/c1-4-11-15-12-14(2,3)13-9-7-5-6-8-10-13/h13,15H,4-12H2,1-3H3. The summed E-state index contributed by atoms with van der Waals surface area (Å²) in [5, 5.41) is 3.59. The van der Waals surface area contributed by atoms with Crippen molar-refractivity contribution in [1.82, 2.24) is 5.32 Å². The molecule has 1 fully saturated rings. The molecule has 0 atom stereocenters. The van der Waals surface area contributed by atoms with Crippen LogP contribution in [0.5, 0.6) is 0 Å². The second-order valence-electron chi connectivity index (χ2n) is 5.85. The molecule has 0 spiro atoms. The van der Waals surface area contributed by atoms with E-state index in [1.807, 2.05) is 0 Å². The van der Waals surface area contributed by atoms with Gasteiger partial charge in [0.25, 0.3) is 0 Å². The summed E-state index contributed by atoms with van der Waals surface area (Å²) in [5.74, 6) is 0.948. The van der Waals surface area contributed by atoms with Crippen LogP contribution in [0.2, 0.25) is 0 Å². The molecule has 1 rings (SSSR count). The van der Waals surface area contributed by atoms with E-state index in [9.17, 15) is 0 Å². The lowest BCUT2D eigenvalue weighted by Gasteiger charge is -2.34. The van der Waals surface area contributed by atoms with Gasteiger partial charge >= 0.3 is 0 Å². The van der Waals surface area contributed by atoms with E-state index < -0.39 is 0 Å². The Balaban J connectivity index is 2.35. The van der Waals surface area contributed by atoms with Gasteiger partial charge in [-0.25, -0.2) is 0 Å². The maximum Gasteiger partial charge on any atom is 0.000517 e. The molecule has 90 valence electrons. The molecule has 0 saturated heterocycles. The van der Waals surface area contributed by atoms with Crippen LogP contribution >= 0.6 is 0 Å². The van der Waals surface area contributed by atoms with Gasteiger partial charge in [0, 0.05) is 6.54 Å². The maximum absolute atomic E-state index is 3.59. The van der Waals surface area contributed by atoms with Gasteiger partial charge in [0.05, 0.1) is 0 Å². The van der Waals surface area contributed by atoms with Crippen molar-refractivity contribution in [2.24, 2.45) is 11.3 Å². The molecule has 0 aliphatic heterocycles. The van der Waals surface area contributed by atoms with E-state index in [4.69, 9.17) is 0 Å². The van der Waals surface area contributed by atoms with Crippen molar-refractivity contribution in [3.05, 3.63) is 0 Å². The lowest BCUT2D eigenvalue weighted by molar-refractivity contribution is 0.183. The predicted octanol–water partition coefficient (Wildman–Crippen LogP) is 3.98. The molecule has 15 heavy (non-hydrogen) atoms. The summed E-state index contributed by atoms with van der Waals surface area (Å²) in [6.45, 7) is 9.52. The Morgan fingerprint density at radius 1 is 1.07 bits per heavy atom. The van der Waals surface area contributed by atoms with Gasteiger partial charge in [-0.2, -0.15) is 0 Å². The van der Waals surface area contributed by atoms with Crippen LogP contribution in [-0.2, 0) is 0 Å². The molecular formula is C14H29N. The molecule has 1 aliphatic carbocycles. The highest BCUT2D eigenvalue weighted by atomic mass is 14.9. The smallest absolute Gasteiger partial charge is 0.000517 e. The summed E-state index contributed by atoms with van der Waals surface area (Å²) in [6.07, 6.45) is 10.0. The summed E-state index contributed by atoms with van der Waals surface area (Å²) in [5.41, 5.74) is 0.500. The first-order chi connectivity index (χ1) is 7.17. The van der Waals surface area contributed by atoms with E-state index in [-0.39, 0.29) is 0 Å². The lowest BCUT2D eigenvalue weighted by atomic mass is 9.74. The molecule has 0 unspecified atom stereocenters. The van der Waals surface area contributed by atoms with Crippen LogP contribution in [0.15, 0.2) is 0 Å². The van der Waals surface area contributed by atoms with Crippen molar-refractivity contribution in [3.8, 4) is 0 Å². The van der Waals surface area contributed by atoms with E-state index in [0.29, 0.717) is 5.41 Å². The van der Waals surface area contributed by atoms with Gasteiger partial charge in [-0.3, -0.25) is 0 Å². The average Bonchev–Trinajstić information content (AvgIpc) is 2.46. The molecule has 0 bridgehead atoms. The maximum atomic E-state index is 3.59. The second kappa shape index (κ2) is 6.52. The third-order valence-electron chi connectivity index (χ3n) is 3.97. The Bertz CT molecular complexity index is 155. The molecular weight excluding hydrogens is 182 g/mol. The third-order valence-corrected chi connectivity index (χ3v) is 3.97. The van der Waals surface area contributed by atoms with Crippen molar-refractivity contribution < 1.29 is 0 Å². The number of nitrogens with one attached hydrogen (secondary N) is 1. The quantitative estimate of drug-likeness (QED) is 0.536. The third kappa shape index (κ3) is 4.55. The fourth-order valence-electron chi connectivity index (χ4n) is 2.79. The Morgan fingerprint density at radius 3 is 2.20 bits per heavy atom. The molecule has 0 aromatic carbocycles. The minimum absolute atomic E-state index is 0.500. The predicted molar refractivity (Wildman–Crippen MR) is 68.1 cm³/mol. The van der Waals surface area contributed by atoms with E-state index in [2.05, 4.69) is 26.1 Å². The normalized spacial score (nSPS) is 20.2. The molecule has 0 aromatic heterocycles. The first-order valence-electron chi connectivity index (χ1n) is 6.87. The number of rotatable bonds is 5. The summed E-state index contributed by atoms with van der Waals surface area (Å²) >= 11 is 0. The minimum Gasteiger partial charge on any atom is -0.316 e. The highest BCUT2D eigenvalue weighted by molar-refractivity contribution is 4.81. The van der Waals surface area contributed by atoms with Gasteiger partial charge in [-0.15, -0.1) is 0 Å². The lowest BCUT2D eigenvalue weighted by Crippen LogP contribution is -2.36. The SMILES string of the molecule is CCCNCC(C)(C)C1CCCCCC1. The number of hydrogen-bond donors (Lipinski definition) is 1. The Labute approximate surface area is 96.0 Å². The molecule has 1 N–H and O–H groups in total. The van der Waals surface area contributed by atoms with Gasteiger partial charge in [0.15, 0.2) is 0 Å². The fraction of sp³-hybridized carbons (Fsp3) is 1.00. The number of hydrogen-bond acceptors (Lipinski definition) is 1. The van der Waals surface area contributed by atoms with Crippen LogP contribution in [0.3, 0.4) is 0 Å². The van der Waals surface area contributed by atoms with E-state index >= 15 is 0 Å². The molecule has 1 saturated carbocycles. The molecule has 0 radical (unpaired) electrons. The summed E-state index contributed by atoms with van der Waals surface area (Å²) in [6, 6.07) is 0. The molecule has 0 amide bonds. The minimum atomic E-state index is 0.500. The van der Waals surface area contributed by atoms with Crippen molar-refractivity contribution in [1.29, 1.82) is 0 Å². The molecule has 1 aliphatic rings. The van der Waals surface area contributed by atoms with Crippen molar-refractivity contribution in [2.45, 2.75) is 65.7 Å². The summed E-state index contributed by atoms with van der Waals surface area (Å²) in [7, 11) is 0. The molecule has 0 heterocycles. The zero-order valence-electron chi connectivity index (χ0n) is 10.9. The van der Waals surface area contributed by atoms with Crippen LogP contribution in [0.1, 0.15) is 65.7 Å². The topological polar surface area (TPSA) is 12.0 Å². The van der Waals surface area contributed by atoms with Crippen molar-refractivity contribution in [3.63, 3.8) is 0 Å². The first kappa shape index (κ1) is 13.0. The van der Waals surface area contributed by atoms with Crippen molar-refractivity contribution >= 4 is 0 Å². The largest absolute Gasteiger partial charge is 0.316 e. The van der Waals surface area contributed by atoms with Gasteiger partial charge in [0.2, 0.25) is 0 Å². The van der Waals surface area contributed by atoms with Crippen LogP contribution in [0, 0.1) is 11.3 Å². The van der Waals surface area contributed by atoms with Crippen LogP contribution in [0.4, 0.5) is 0 Å². The zero-order chi connectivity index (χ0) is 11.1. The Kier molecular flexibility index (Phi) is 5.66. The van der Waals surface area contributed by atoms with E-state index in [1.54, 1.807) is 0 Å². The van der Waals surface area contributed by atoms with Crippen LogP contribution in [-0.4, -0.2) is 13.1 Å². The average molecular weight is 211 g/mol. The summed E-state index contributed by atoms with van der Waals surface area (Å²) < 4.78 is 0. The monoisotopic (exact) mass is 211 g/mol. The molecule has 0 aromatic rings. The Hall–Kier alpha value is -0.0400. The van der Waals surface area contributed by atoms with E-state index in [1.165, 1.54) is 58.0 Å². The Morgan fingerprint density at radius 2 is 1.67 bits per heavy atom. The van der Waals surface area contributed by atoms with Gasteiger partial charge in [0.1, 0.15) is 0 Å². The summed E-state index contributed by atoms with van der Waals surface area (Å²) in [4.78, 5) is 0. The second-order valence-corrected chi connectivity index (χ2v) is 5.85. The highest BCUT2D eigenvalue weighted by Crippen LogP contribution is 2.36. The first-order valence-corrected chi connectivity index (χ1v) is 6.87. The van der Waals surface area contributed by atoms with Crippen molar-refractivity contribution in [2.75, 3.05) is 13.1 Å². The van der Waals surface area contributed by atoms with E-state index in [0.717, 1.165) is 5.92 Å². The highest BCUT2D eigenvalue weighted by Gasteiger charge is 2.29. The fourth-order valence-corrected chi connectivity index (χ4v) is 2.79. The molecule has 1 heteroatoms. The van der Waals surface area contributed by atoms with Crippen LogP contribution < -0.4 is 5.32 Å². The zero-order valence-corrected chi connectivity index (χ0v) is 10.9. The van der Waals surface area contributed by atoms with Gasteiger partial charge in [-0.05, 0) is 37.1 Å². The van der Waals surface area contributed by atoms with Gasteiger partial charge < -0.3 is 5.32 Å². The van der Waals surface area contributed by atoms with Gasteiger partial charge in [-0.1, -0.05) is 46.5 Å². The molecule has 1 nitrogen and oxygen atoms in total. The van der Waals surface area contributed by atoms with Crippen LogP contribution in [0.25, 0.3) is 0 Å².